The molecule has 1 aliphatic heterocycles. The molecule has 7 heteroatoms. The maximum absolute atomic E-state index is 13.5. The summed E-state index contributed by atoms with van der Waals surface area (Å²) in [4.78, 5) is 14.7. The number of esters is 1. The molecule has 1 saturated heterocycles. The van der Waals surface area contributed by atoms with Gasteiger partial charge < -0.3 is 4.74 Å². The summed E-state index contributed by atoms with van der Waals surface area (Å²) in [7, 11) is -4.85. The Morgan fingerprint density at radius 2 is 1.49 bits per heavy atom. The number of sulfone groups is 1. The molecule has 4 rings (SSSR count). The Hall–Kier alpha value is -2.22. The molecule has 2 aromatic carbocycles. The SMILES string of the molecule is CC(C)(C)c1ccc(-c2ccc(-c3ccc([C@@]4(CC(=O)OCC[Si](C)(C)C)CCCCS4(=O)=O)s3)cc2)cc1. The minimum Gasteiger partial charge on any atom is -0.466 e. The molecule has 4 nitrogen and oxygen atoms in total. The number of hydrogen-bond donors (Lipinski definition) is 0. The molecular weight excluding hydrogens is 541 g/mol. The minimum absolute atomic E-state index is 0.107. The Balaban J connectivity index is 1.56. The van der Waals surface area contributed by atoms with E-state index in [2.05, 4.69) is 88.9 Å². The topological polar surface area (TPSA) is 60.4 Å². The number of carbonyl (C=O) groups is 1. The zero-order valence-electron chi connectivity index (χ0n) is 24.2. The van der Waals surface area contributed by atoms with Crippen molar-refractivity contribution in [2.24, 2.45) is 0 Å². The van der Waals surface area contributed by atoms with Gasteiger partial charge in [-0.15, -0.1) is 11.3 Å². The Bertz CT molecular complexity index is 1390. The average molecular weight is 583 g/mol. The summed E-state index contributed by atoms with van der Waals surface area (Å²) in [5, 5.41) is 0. The maximum atomic E-state index is 13.5. The highest BCUT2D eigenvalue weighted by Gasteiger charge is 2.49. The van der Waals surface area contributed by atoms with Gasteiger partial charge in [-0.1, -0.05) is 95.4 Å². The third-order valence-electron chi connectivity index (χ3n) is 7.69. The first-order chi connectivity index (χ1) is 18.2. The lowest BCUT2D eigenvalue weighted by molar-refractivity contribution is -0.144. The Labute approximate surface area is 239 Å². The second kappa shape index (κ2) is 11.3. The van der Waals surface area contributed by atoms with E-state index in [1.807, 2.05) is 12.1 Å². The first-order valence-electron chi connectivity index (χ1n) is 13.9. The molecule has 0 saturated carbocycles. The summed E-state index contributed by atoms with van der Waals surface area (Å²) in [6, 6.07) is 21.9. The van der Waals surface area contributed by atoms with E-state index in [1.165, 1.54) is 22.5 Å². The van der Waals surface area contributed by atoms with E-state index >= 15 is 0 Å². The normalized spacial score (nSPS) is 19.5. The van der Waals surface area contributed by atoms with Crippen LogP contribution in [0.5, 0.6) is 0 Å². The summed E-state index contributed by atoms with van der Waals surface area (Å²) in [5.74, 6) is -0.291. The van der Waals surface area contributed by atoms with Crippen LogP contribution in [0, 0.1) is 0 Å². The Kier molecular flexibility index (Phi) is 8.65. The van der Waals surface area contributed by atoms with Crippen molar-refractivity contribution in [1.82, 2.24) is 0 Å². The molecule has 0 unspecified atom stereocenters. The van der Waals surface area contributed by atoms with Crippen molar-refractivity contribution in [1.29, 1.82) is 0 Å². The van der Waals surface area contributed by atoms with E-state index in [-0.39, 0.29) is 17.6 Å². The fraction of sp³-hybridized carbons (Fsp3) is 0.469. The fourth-order valence-electron chi connectivity index (χ4n) is 5.10. The zero-order valence-corrected chi connectivity index (χ0v) is 26.8. The average Bonchev–Trinajstić information content (AvgIpc) is 3.35. The van der Waals surface area contributed by atoms with E-state index in [9.17, 15) is 13.2 Å². The molecule has 0 amide bonds. The van der Waals surface area contributed by atoms with Crippen molar-refractivity contribution >= 4 is 35.2 Å². The van der Waals surface area contributed by atoms with Gasteiger partial charge in [0, 0.05) is 17.8 Å². The molecule has 0 radical (unpaired) electrons. The smallest absolute Gasteiger partial charge is 0.307 e. The number of rotatable bonds is 8. The van der Waals surface area contributed by atoms with Crippen LogP contribution in [0.25, 0.3) is 21.6 Å². The number of hydrogen-bond acceptors (Lipinski definition) is 5. The van der Waals surface area contributed by atoms with Gasteiger partial charge in [0.05, 0.1) is 18.8 Å². The first-order valence-corrected chi connectivity index (χ1v) is 20.1. The molecule has 0 bridgehead atoms. The van der Waals surface area contributed by atoms with Crippen LogP contribution in [0.2, 0.25) is 25.7 Å². The van der Waals surface area contributed by atoms with Crippen LogP contribution in [0.15, 0.2) is 60.7 Å². The predicted octanol–water partition coefficient (Wildman–Crippen LogP) is 8.45. The van der Waals surface area contributed by atoms with Crippen LogP contribution in [0.4, 0.5) is 0 Å². The Morgan fingerprint density at radius 3 is 2.05 bits per heavy atom. The number of thiophene rings is 1. The van der Waals surface area contributed by atoms with Crippen LogP contribution in [0.1, 0.15) is 56.9 Å². The predicted molar refractivity (Wildman–Crippen MR) is 167 cm³/mol. The van der Waals surface area contributed by atoms with E-state index in [4.69, 9.17) is 4.74 Å². The molecule has 2 heterocycles. The molecule has 0 spiro atoms. The molecule has 3 aromatic rings. The van der Waals surface area contributed by atoms with Crippen LogP contribution in [-0.2, 0) is 29.5 Å². The quantitative estimate of drug-likeness (QED) is 0.197. The van der Waals surface area contributed by atoms with Gasteiger partial charge in [0.25, 0.3) is 0 Å². The largest absolute Gasteiger partial charge is 0.466 e. The lowest BCUT2D eigenvalue weighted by Crippen LogP contribution is -2.42. The van der Waals surface area contributed by atoms with Crippen LogP contribution >= 0.6 is 11.3 Å². The summed E-state index contributed by atoms with van der Waals surface area (Å²) in [6.45, 7) is 13.7. The van der Waals surface area contributed by atoms with Gasteiger partial charge in [0.1, 0.15) is 4.75 Å². The van der Waals surface area contributed by atoms with E-state index in [0.29, 0.717) is 19.4 Å². The van der Waals surface area contributed by atoms with Crippen molar-refractivity contribution < 1.29 is 17.9 Å². The van der Waals surface area contributed by atoms with Gasteiger partial charge in [0.2, 0.25) is 0 Å². The molecule has 210 valence electrons. The van der Waals surface area contributed by atoms with Gasteiger partial charge in [-0.25, -0.2) is 8.42 Å². The van der Waals surface area contributed by atoms with Crippen LogP contribution < -0.4 is 0 Å². The zero-order chi connectivity index (χ0) is 28.5. The van der Waals surface area contributed by atoms with Crippen LogP contribution in [-0.4, -0.2) is 34.8 Å². The van der Waals surface area contributed by atoms with Crippen molar-refractivity contribution in [2.45, 2.75) is 82.3 Å². The monoisotopic (exact) mass is 582 g/mol. The fourth-order valence-corrected chi connectivity index (χ4v) is 9.58. The lowest BCUT2D eigenvalue weighted by atomic mass is 9.86. The number of ether oxygens (including phenoxy) is 1. The van der Waals surface area contributed by atoms with E-state index in [1.54, 1.807) is 0 Å². The molecule has 1 aromatic heterocycles. The van der Waals surface area contributed by atoms with Crippen molar-refractivity contribution in [3.63, 3.8) is 0 Å². The first kappa shape index (κ1) is 29.8. The summed E-state index contributed by atoms with van der Waals surface area (Å²) < 4.78 is 31.4. The summed E-state index contributed by atoms with van der Waals surface area (Å²) in [6.07, 6.45) is 1.79. The number of benzene rings is 2. The van der Waals surface area contributed by atoms with E-state index in [0.717, 1.165) is 33.3 Å². The lowest BCUT2D eigenvalue weighted by Gasteiger charge is -2.35. The molecule has 1 fully saturated rings. The highest BCUT2D eigenvalue weighted by Crippen LogP contribution is 2.47. The van der Waals surface area contributed by atoms with E-state index < -0.39 is 28.6 Å². The van der Waals surface area contributed by atoms with Crippen molar-refractivity contribution in [3.05, 3.63) is 71.1 Å². The molecule has 0 aliphatic carbocycles. The standard InChI is InChI=1S/C32H42O4S2Si/c1-31(2,3)27-15-13-25(14-16-27)24-9-11-26(12-10-24)28-17-18-29(37-28)32(19-7-8-21-38(32,34)35)23-30(33)36-20-22-39(4,5)6/h9-18H,7-8,19-23H2,1-6H3/t32-/m0/s1. The number of carbonyl (C=O) groups excluding carboxylic acids is 1. The molecule has 0 N–H and O–H groups in total. The second-order valence-electron chi connectivity index (χ2n) is 13.0. The summed E-state index contributed by atoms with van der Waals surface area (Å²) in [5.41, 5.74) is 4.78. The highest BCUT2D eigenvalue weighted by atomic mass is 32.2. The van der Waals surface area contributed by atoms with Crippen LogP contribution in [0.3, 0.4) is 0 Å². The highest BCUT2D eigenvalue weighted by molar-refractivity contribution is 7.92. The molecular formula is C32H42O4S2Si. The van der Waals surface area contributed by atoms with Gasteiger partial charge >= 0.3 is 5.97 Å². The van der Waals surface area contributed by atoms with Gasteiger partial charge in [0.15, 0.2) is 9.84 Å². The molecule has 39 heavy (non-hydrogen) atoms. The minimum atomic E-state index is -3.49. The van der Waals surface area contributed by atoms with Gasteiger partial charge in [-0.3, -0.25) is 4.79 Å². The second-order valence-corrected chi connectivity index (χ2v) is 22.2. The van der Waals surface area contributed by atoms with Gasteiger partial charge in [-0.05, 0) is 58.7 Å². The van der Waals surface area contributed by atoms with Crippen molar-refractivity contribution in [3.8, 4) is 21.6 Å². The van der Waals surface area contributed by atoms with Gasteiger partial charge in [-0.2, -0.15) is 0 Å². The third-order valence-corrected chi connectivity index (χ3v) is 13.4. The Morgan fingerprint density at radius 1 is 0.897 bits per heavy atom. The maximum Gasteiger partial charge on any atom is 0.307 e. The summed E-state index contributed by atoms with van der Waals surface area (Å²) >= 11 is 1.49. The molecule has 1 aliphatic rings. The van der Waals surface area contributed by atoms with Crippen molar-refractivity contribution in [2.75, 3.05) is 12.4 Å². The molecule has 1 atom stereocenters. The third kappa shape index (κ3) is 6.92.